The van der Waals surface area contributed by atoms with Gasteiger partial charge in [-0.1, -0.05) is 0 Å². The zero-order valence-corrected chi connectivity index (χ0v) is 8.17. The minimum Gasteiger partial charge on any atom is -0.492 e. The van der Waals surface area contributed by atoms with Crippen LogP contribution in [0.1, 0.15) is 19.9 Å². The van der Waals surface area contributed by atoms with Crippen molar-refractivity contribution in [1.82, 2.24) is 9.13 Å². The molecule has 0 amide bonds. The van der Waals surface area contributed by atoms with Gasteiger partial charge in [-0.15, -0.1) is 12.6 Å². The second kappa shape index (κ2) is 2.90. The van der Waals surface area contributed by atoms with E-state index in [-0.39, 0.29) is 17.6 Å². The molecular weight excluding hydrogens is 176 g/mol. The maximum Gasteiger partial charge on any atom is 0.331 e. The molecule has 0 unspecified atom stereocenters. The molecule has 1 rings (SSSR count). The summed E-state index contributed by atoms with van der Waals surface area (Å²) in [5.74, 6) is -0.0861. The molecule has 0 aliphatic heterocycles. The Morgan fingerprint density at radius 2 is 2.00 bits per heavy atom. The van der Waals surface area contributed by atoms with Gasteiger partial charge in [-0.05, 0) is 13.8 Å². The lowest BCUT2D eigenvalue weighted by Crippen LogP contribution is -2.23. The maximum atomic E-state index is 11.4. The number of thiol groups is 1. The molecule has 1 aromatic rings. The van der Waals surface area contributed by atoms with Crippen molar-refractivity contribution in [2.45, 2.75) is 24.9 Å². The molecule has 0 aromatic carbocycles. The summed E-state index contributed by atoms with van der Waals surface area (Å²) in [6, 6.07) is 0.0112. The molecule has 0 spiro atoms. The van der Waals surface area contributed by atoms with Crippen molar-refractivity contribution in [2.24, 2.45) is 7.05 Å². The van der Waals surface area contributed by atoms with Gasteiger partial charge in [0.25, 0.3) is 0 Å². The van der Waals surface area contributed by atoms with E-state index in [0.717, 1.165) is 0 Å². The van der Waals surface area contributed by atoms with E-state index in [9.17, 15) is 9.90 Å². The third-order valence-electron chi connectivity index (χ3n) is 1.76. The van der Waals surface area contributed by atoms with Crippen LogP contribution in [0.15, 0.2) is 9.82 Å². The predicted molar refractivity (Wildman–Crippen MR) is 49.0 cm³/mol. The van der Waals surface area contributed by atoms with Gasteiger partial charge in [0.15, 0.2) is 0 Å². The molecule has 0 radical (unpaired) electrons. The number of aromatic hydroxyl groups is 1. The van der Waals surface area contributed by atoms with Crippen LogP contribution < -0.4 is 5.69 Å². The van der Waals surface area contributed by atoms with Crippen molar-refractivity contribution >= 4 is 12.6 Å². The highest BCUT2D eigenvalue weighted by Gasteiger charge is 2.15. The highest BCUT2D eigenvalue weighted by molar-refractivity contribution is 7.80. The summed E-state index contributed by atoms with van der Waals surface area (Å²) in [5, 5.41) is 9.64. The van der Waals surface area contributed by atoms with Gasteiger partial charge in [-0.2, -0.15) is 0 Å². The molecule has 1 aromatic heterocycles. The second-order valence-electron chi connectivity index (χ2n) is 2.95. The van der Waals surface area contributed by atoms with E-state index < -0.39 is 0 Å². The van der Waals surface area contributed by atoms with Crippen molar-refractivity contribution in [2.75, 3.05) is 0 Å². The molecule has 0 saturated heterocycles. The molecule has 68 valence electrons. The summed E-state index contributed by atoms with van der Waals surface area (Å²) in [4.78, 5) is 11.4. The first-order chi connectivity index (χ1) is 5.46. The first-order valence-corrected chi connectivity index (χ1v) is 4.10. The number of hydrogen-bond acceptors (Lipinski definition) is 3. The van der Waals surface area contributed by atoms with Crippen LogP contribution in [0.3, 0.4) is 0 Å². The van der Waals surface area contributed by atoms with Gasteiger partial charge < -0.3 is 5.11 Å². The van der Waals surface area contributed by atoms with Gasteiger partial charge in [0.05, 0.1) is 0 Å². The van der Waals surface area contributed by atoms with Crippen molar-refractivity contribution in [3.8, 4) is 5.88 Å². The summed E-state index contributed by atoms with van der Waals surface area (Å²) in [6.45, 7) is 3.72. The molecule has 0 fully saturated rings. The van der Waals surface area contributed by atoms with Gasteiger partial charge in [0.1, 0.15) is 5.03 Å². The van der Waals surface area contributed by atoms with E-state index in [0.29, 0.717) is 5.03 Å². The van der Waals surface area contributed by atoms with E-state index in [4.69, 9.17) is 0 Å². The lowest BCUT2D eigenvalue weighted by molar-refractivity contribution is 0.414. The average Bonchev–Trinajstić information content (AvgIpc) is 2.16. The van der Waals surface area contributed by atoms with Crippen LogP contribution in [-0.2, 0) is 7.05 Å². The molecule has 1 N–H and O–H groups in total. The van der Waals surface area contributed by atoms with E-state index in [2.05, 4.69) is 12.6 Å². The van der Waals surface area contributed by atoms with Crippen LogP contribution >= 0.6 is 12.6 Å². The summed E-state index contributed by atoms with van der Waals surface area (Å²) in [7, 11) is 1.51. The normalized spacial score (nSPS) is 11.1. The quantitative estimate of drug-likeness (QED) is 0.639. The first kappa shape index (κ1) is 9.25. The van der Waals surface area contributed by atoms with Gasteiger partial charge in [0, 0.05) is 13.1 Å². The lowest BCUT2D eigenvalue weighted by atomic mass is 10.4. The fourth-order valence-electron chi connectivity index (χ4n) is 1.07. The molecule has 0 aliphatic carbocycles. The van der Waals surface area contributed by atoms with Gasteiger partial charge in [0.2, 0.25) is 5.88 Å². The van der Waals surface area contributed by atoms with Crippen LogP contribution in [0.4, 0.5) is 0 Å². The number of rotatable bonds is 1. The fourth-order valence-corrected chi connectivity index (χ4v) is 1.53. The van der Waals surface area contributed by atoms with E-state index in [1.165, 1.54) is 16.2 Å². The highest BCUT2D eigenvalue weighted by Crippen LogP contribution is 2.21. The summed E-state index contributed by atoms with van der Waals surface area (Å²) in [5.41, 5.74) is -0.243. The van der Waals surface area contributed by atoms with Crippen LogP contribution in [0.2, 0.25) is 0 Å². The van der Waals surface area contributed by atoms with Crippen molar-refractivity contribution in [3.05, 3.63) is 10.5 Å². The van der Waals surface area contributed by atoms with Crippen LogP contribution in [0.5, 0.6) is 5.88 Å². The Morgan fingerprint density at radius 3 is 2.17 bits per heavy atom. The topological polar surface area (TPSA) is 47.2 Å². The minimum absolute atomic E-state index is 0.0112. The van der Waals surface area contributed by atoms with E-state index in [1.807, 2.05) is 13.8 Å². The summed E-state index contributed by atoms with van der Waals surface area (Å²) < 4.78 is 2.60. The van der Waals surface area contributed by atoms with E-state index >= 15 is 0 Å². The van der Waals surface area contributed by atoms with Crippen LogP contribution in [0, 0.1) is 0 Å². The van der Waals surface area contributed by atoms with Crippen molar-refractivity contribution < 1.29 is 5.11 Å². The lowest BCUT2D eigenvalue weighted by Gasteiger charge is -2.05. The smallest absolute Gasteiger partial charge is 0.331 e. The van der Waals surface area contributed by atoms with Crippen molar-refractivity contribution in [1.29, 1.82) is 0 Å². The predicted octanol–water partition coefficient (Wildman–Crippen LogP) is 0.762. The number of imidazole rings is 1. The van der Waals surface area contributed by atoms with Crippen LogP contribution in [0.25, 0.3) is 0 Å². The molecule has 0 saturated carbocycles. The third-order valence-corrected chi connectivity index (χ3v) is 2.17. The SMILES string of the molecule is CC(C)n1c(S)c(O)n(C)c1=O. The molecular formula is C7H12N2O2S. The average molecular weight is 188 g/mol. The molecule has 12 heavy (non-hydrogen) atoms. The standard InChI is InChI=1S/C7H12N2O2S/c1-4(2)9-6(12)5(10)8(3)7(9)11/h4,10,12H,1-3H3. The Hall–Kier alpha value is -0.840. The molecule has 0 aliphatic rings. The van der Waals surface area contributed by atoms with Crippen molar-refractivity contribution in [3.63, 3.8) is 0 Å². The molecule has 0 atom stereocenters. The Morgan fingerprint density at radius 1 is 1.50 bits per heavy atom. The fraction of sp³-hybridized carbons (Fsp3) is 0.571. The Kier molecular flexibility index (Phi) is 2.23. The third kappa shape index (κ3) is 1.14. The van der Waals surface area contributed by atoms with E-state index in [1.54, 1.807) is 0 Å². The Balaban J connectivity index is 3.49. The largest absolute Gasteiger partial charge is 0.492 e. The van der Waals surface area contributed by atoms with Gasteiger partial charge in [-0.3, -0.25) is 9.13 Å². The maximum absolute atomic E-state index is 11.4. The zero-order chi connectivity index (χ0) is 9.46. The first-order valence-electron chi connectivity index (χ1n) is 3.66. The Bertz CT molecular complexity index is 351. The number of hydrogen-bond donors (Lipinski definition) is 2. The highest BCUT2D eigenvalue weighted by atomic mass is 32.1. The van der Waals surface area contributed by atoms with Gasteiger partial charge in [-0.25, -0.2) is 4.79 Å². The molecule has 4 nitrogen and oxygen atoms in total. The van der Waals surface area contributed by atoms with Gasteiger partial charge >= 0.3 is 5.69 Å². The summed E-state index contributed by atoms with van der Waals surface area (Å²) >= 11 is 4.03. The zero-order valence-electron chi connectivity index (χ0n) is 7.27. The Labute approximate surface area is 75.9 Å². The monoisotopic (exact) mass is 188 g/mol. The molecule has 0 bridgehead atoms. The second-order valence-corrected chi connectivity index (χ2v) is 3.38. The number of aromatic nitrogens is 2. The number of nitrogens with zero attached hydrogens (tertiary/aromatic N) is 2. The molecule has 1 heterocycles. The summed E-state index contributed by atoms with van der Waals surface area (Å²) in [6.07, 6.45) is 0. The minimum atomic E-state index is -0.243. The molecule has 5 heteroatoms. The van der Waals surface area contributed by atoms with Crippen LogP contribution in [-0.4, -0.2) is 14.2 Å².